The predicted molar refractivity (Wildman–Crippen MR) is 125 cm³/mol. The van der Waals surface area contributed by atoms with Gasteiger partial charge >= 0.3 is 0 Å². The Balaban J connectivity index is 0.00000392. The summed E-state index contributed by atoms with van der Waals surface area (Å²) in [6.45, 7) is 11.0. The van der Waals surface area contributed by atoms with Crippen molar-refractivity contribution in [1.29, 1.82) is 0 Å². The topological polar surface area (TPSA) is 74.8 Å². The number of ether oxygens (including phenoxy) is 1. The second kappa shape index (κ2) is 11.6. The van der Waals surface area contributed by atoms with Gasteiger partial charge in [0.25, 0.3) is 0 Å². The highest BCUT2D eigenvalue weighted by Gasteiger charge is 2.34. The Labute approximate surface area is 186 Å². The highest BCUT2D eigenvalue weighted by molar-refractivity contribution is 14.0. The minimum absolute atomic E-state index is 0. The molecule has 0 aromatic heterocycles. The number of benzene rings is 1. The summed E-state index contributed by atoms with van der Waals surface area (Å²) in [6, 6.07) is 10.6. The molecule has 0 bridgehead atoms. The van der Waals surface area contributed by atoms with Crippen molar-refractivity contribution in [3.63, 3.8) is 0 Å². The zero-order valence-electron chi connectivity index (χ0n) is 17.5. The third-order valence-corrected chi connectivity index (χ3v) is 4.67. The first-order valence-corrected chi connectivity index (χ1v) is 9.81. The molecular formula is C21H35IN4O2. The van der Waals surface area contributed by atoms with Crippen LogP contribution in [0.15, 0.2) is 35.3 Å². The molecule has 28 heavy (non-hydrogen) atoms. The van der Waals surface area contributed by atoms with Crippen LogP contribution in [0.1, 0.15) is 46.1 Å². The average molecular weight is 502 g/mol. The summed E-state index contributed by atoms with van der Waals surface area (Å²) in [7, 11) is 0. The van der Waals surface area contributed by atoms with Crippen LogP contribution in [0.2, 0.25) is 0 Å². The number of amides is 1. The lowest BCUT2D eigenvalue weighted by molar-refractivity contribution is -0.121. The van der Waals surface area contributed by atoms with Gasteiger partial charge in [-0.1, -0.05) is 30.3 Å². The van der Waals surface area contributed by atoms with Gasteiger partial charge < -0.3 is 20.7 Å². The quantitative estimate of drug-likeness (QED) is 0.318. The molecule has 7 heteroatoms. The Kier molecular flexibility index (Phi) is 10.2. The molecule has 1 aromatic carbocycles. The fraction of sp³-hybridized carbons (Fsp3) is 0.619. The normalized spacial score (nSPS) is 16.6. The van der Waals surface area contributed by atoms with Crippen LogP contribution in [-0.4, -0.2) is 50.3 Å². The van der Waals surface area contributed by atoms with E-state index in [0.717, 1.165) is 39.1 Å². The number of carbonyl (C=O) groups is 1. The maximum absolute atomic E-state index is 12.1. The summed E-state index contributed by atoms with van der Waals surface area (Å²) in [5.41, 5.74) is 1.09. The predicted octanol–water partition coefficient (Wildman–Crippen LogP) is 2.82. The van der Waals surface area contributed by atoms with Gasteiger partial charge in [0.1, 0.15) is 6.54 Å². The van der Waals surface area contributed by atoms with E-state index in [4.69, 9.17) is 4.74 Å². The zero-order valence-corrected chi connectivity index (χ0v) is 19.8. The van der Waals surface area contributed by atoms with Crippen LogP contribution in [0, 0.1) is 0 Å². The van der Waals surface area contributed by atoms with E-state index in [1.54, 1.807) is 0 Å². The first kappa shape index (κ1) is 24.7. The molecule has 0 unspecified atom stereocenters. The van der Waals surface area contributed by atoms with Gasteiger partial charge in [-0.2, -0.15) is 0 Å². The van der Waals surface area contributed by atoms with Gasteiger partial charge in [0.2, 0.25) is 5.91 Å². The van der Waals surface area contributed by atoms with E-state index >= 15 is 0 Å². The number of carbonyl (C=O) groups excluding carboxylic acids is 1. The zero-order chi connectivity index (χ0) is 19.8. The van der Waals surface area contributed by atoms with E-state index in [0.29, 0.717) is 5.96 Å². The van der Waals surface area contributed by atoms with E-state index in [9.17, 15) is 4.79 Å². The number of guanidine groups is 1. The van der Waals surface area contributed by atoms with Crippen LogP contribution in [0.25, 0.3) is 0 Å². The highest BCUT2D eigenvalue weighted by Crippen LogP contribution is 2.34. The average Bonchev–Trinajstić information content (AvgIpc) is 2.64. The summed E-state index contributed by atoms with van der Waals surface area (Å²) >= 11 is 0. The molecule has 0 aliphatic carbocycles. The summed E-state index contributed by atoms with van der Waals surface area (Å²) in [4.78, 5) is 16.5. The van der Waals surface area contributed by atoms with Crippen molar-refractivity contribution < 1.29 is 9.53 Å². The molecule has 0 radical (unpaired) electrons. The number of hydrogen-bond acceptors (Lipinski definition) is 3. The highest BCUT2D eigenvalue weighted by atomic mass is 127. The van der Waals surface area contributed by atoms with E-state index in [-0.39, 0.29) is 47.4 Å². The molecule has 1 saturated heterocycles. The summed E-state index contributed by atoms with van der Waals surface area (Å²) in [5.74, 6) is 0.590. The van der Waals surface area contributed by atoms with Gasteiger partial charge in [-0.05, 0) is 46.1 Å². The van der Waals surface area contributed by atoms with Gasteiger partial charge in [-0.3, -0.25) is 4.79 Å². The number of halogens is 1. The molecule has 1 heterocycles. The standard InChI is InChI=1S/C21H34N4O2.HI/c1-5-22-19(23-15-18(26)25-20(2,3)4)24-16-21(11-13-27-14-12-21)17-9-7-6-8-10-17;/h6-10H,5,11-16H2,1-4H3,(H,25,26)(H2,22,23,24);1H. The van der Waals surface area contributed by atoms with Crippen LogP contribution in [0.3, 0.4) is 0 Å². The molecule has 1 fully saturated rings. The van der Waals surface area contributed by atoms with Crippen molar-refractivity contribution in [2.24, 2.45) is 4.99 Å². The van der Waals surface area contributed by atoms with Crippen LogP contribution < -0.4 is 16.0 Å². The van der Waals surface area contributed by atoms with Crippen molar-refractivity contribution >= 4 is 35.8 Å². The minimum atomic E-state index is -0.252. The molecule has 1 aliphatic heterocycles. The van der Waals surface area contributed by atoms with E-state index in [1.165, 1.54) is 5.56 Å². The van der Waals surface area contributed by atoms with Gasteiger partial charge in [-0.25, -0.2) is 4.99 Å². The van der Waals surface area contributed by atoms with Gasteiger partial charge in [0, 0.05) is 37.3 Å². The number of nitrogens with zero attached hydrogens (tertiary/aromatic N) is 1. The lowest BCUT2D eigenvalue weighted by atomic mass is 9.74. The minimum Gasteiger partial charge on any atom is -0.381 e. The van der Waals surface area contributed by atoms with Gasteiger partial charge in [0.05, 0.1) is 0 Å². The maximum Gasteiger partial charge on any atom is 0.242 e. The fourth-order valence-electron chi connectivity index (χ4n) is 3.32. The molecule has 0 atom stereocenters. The van der Waals surface area contributed by atoms with Crippen LogP contribution >= 0.6 is 24.0 Å². The van der Waals surface area contributed by atoms with Crippen molar-refractivity contribution in [1.82, 2.24) is 16.0 Å². The first-order chi connectivity index (χ1) is 12.8. The van der Waals surface area contributed by atoms with Gasteiger partial charge in [0.15, 0.2) is 5.96 Å². The molecule has 6 nitrogen and oxygen atoms in total. The molecular weight excluding hydrogens is 467 g/mol. The largest absolute Gasteiger partial charge is 0.381 e. The Bertz CT molecular complexity index is 623. The Hall–Kier alpha value is -1.35. The van der Waals surface area contributed by atoms with E-state index in [1.807, 2.05) is 33.8 Å². The number of aliphatic imine (C=N–C) groups is 1. The Morgan fingerprint density at radius 3 is 2.36 bits per heavy atom. The number of hydrogen-bond donors (Lipinski definition) is 3. The summed E-state index contributed by atoms with van der Waals surface area (Å²) in [5, 5.41) is 9.63. The van der Waals surface area contributed by atoms with Crippen molar-refractivity contribution in [3.05, 3.63) is 35.9 Å². The molecule has 158 valence electrons. The second-order valence-corrected chi connectivity index (χ2v) is 8.11. The SMILES string of the molecule is CCNC(=NCC(=O)NC(C)(C)C)NCC1(c2ccccc2)CCOCC1.I. The lowest BCUT2D eigenvalue weighted by Crippen LogP contribution is -2.48. The second-order valence-electron chi connectivity index (χ2n) is 8.11. The fourth-order valence-corrected chi connectivity index (χ4v) is 3.32. The number of rotatable bonds is 6. The third-order valence-electron chi connectivity index (χ3n) is 4.67. The summed E-state index contributed by atoms with van der Waals surface area (Å²) in [6.07, 6.45) is 1.93. The molecule has 0 saturated carbocycles. The molecule has 1 amide bonds. The molecule has 0 spiro atoms. The Morgan fingerprint density at radius 1 is 1.14 bits per heavy atom. The monoisotopic (exact) mass is 502 g/mol. The van der Waals surface area contributed by atoms with E-state index in [2.05, 4.69) is 45.2 Å². The van der Waals surface area contributed by atoms with Crippen LogP contribution in [0.4, 0.5) is 0 Å². The third kappa shape index (κ3) is 7.95. The van der Waals surface area contributed by atoms with Gasteiger partial charge in [-0.15, -0.1) is 24.0 Å². The first-order valence-electron chi connectivity index (χ1n) is 9.81. The lowest BCUT2D eigenvalue weighted by Gasteiger charge is -2.38. The summed E-state index contributed by atoms with van der Waals surface area (Å²) < 4.78 is 5.60. The van der Waals surface area contributed by atoms with Crippen molar-refractivity contribution in [2.45, 2.75) is 51.5 Å². The van der Waals surface area contributed by atoms with Crippen LogP contribution in [-0.2, 0) is 14.9 Å². The van der Waals surface area contributed by atoms with Crippen LogP contribution in [0.5, 0.6) is 0 Å². The Morgan fingerprint density at radius 2 is 1.79 bits per heavy atom. The molecule has 3 N–H and O–H groups in total. The number of nitrogens with one attached hydrogen (secondary N) is 3. The van der Waals surface area contributed by atoms with Crippen molar-refractivity contribution in [2.75, 3.05) is 32.8 Å². The van der Waals surface area contributed by atoms with Crippen molar-refractivity contribution in [3.8, 4) is 0 Å². The maximum atomic E-state index is 12.1. The molecule has 1 aromatic rings. The van der Waals surface area contributed by atoms with E-state index < -0.39 is 0 Å². The smallest absolute Gasteiger partial charge is 0.242 e. The molecule has 2 rings (SSSR count). The molecule has 1 aliphatic rings.